The Bertz CT molecular complexity index is 455. The molecule has 7 nitrogen and oxygen atoms in total. The fourth-order valence-electron chi connectivity index (χ4n) is 2.83. The number of likely N-dealkylation sites (tertiary alicyclic amines) is 1. The molecule has 0 radical (unpaired) electrons. The second-order valence-electron chi connectivity index (χ2n) is 5.06. The van der Waals surface area contributed by atoms with Crippen LogP contribution in [0.2, 0.25) is 0 Å². The number of hydrogen-bond donors (Lipinski definition) is 2. The van der Waals surface area contributed by atoms with Crippen molar-refractivity contribution in [1.82, 2.24) is 19.9 Å². The van der Waals surface area contributed by atoms with Gasteiger partial charge in [0.15, 0.2) is 5.69 Å². The zero-order valence-corrected chi connectivity index (χ0v) is 9.94. The van der Waals surface area contributed by atoms with Gasteiger partial charge in [0.05, 0.1) is 18.3 Å². The first kappa shape index (κ1) is 11.6. The fraction of sp³-hybridized carbons (Fsp3) is 0.727. The monoisotopic (exact) mass is 252 g/mol. The summed E-state index contributed by atoms with van der Waals surface area (Å²) in [5, 5.41) is 26.0. The number of hydrogen-bond acceptors (Lipinski definition) is 5. The van der Waals surface area contributed by atoms with Gasteiger partial charge in [-0.05, 0) is 19.3 Å². The van der Waals surface area contributed by atoms with E-state index in [-0.39, 0.29) is 23.9 Å². The molecular formula is C11H16N4O3. The van der Waals surface area contributed by atoms with Gasteiger partial charge in [0.1, 0.15) is 0 Å². The van der Waals surface area contributed by atoms with Crippen LogP contribution in [0.3, 0.4) is 0 Å². The number of aromatic carboxylic acids is 1. The molecule has 7 heteroatoms. The molecule has 2 atom stereocenters. The van der Waals surface area contributed by atoms with Crippen LogP contribution in [-0.2, 0) is 0 Å². The molecule has 1 aliphatic heterocycles. The Morgan fingerprint density at radius 1 is 1.39 bits per heavy atom. The van der Waals surface area contributed by atoms with Crippen molar-refractivity contribution < 1.29 is 15.0 Å². The molecule has 0 amide bonds. The van der Waals surface area contributed by atoms with Gasteiger partial charge in [-0.25, -0.2) is 9.48 Å². The molecule has 1 saturated heterocycles. The molecule has 1 saturated carbocycles. The summed E-state index contributed by atoms with van der Waals surface area (Å²) < 4.78 is 1.61. The van der Waals surface area contributed by atoms with Gasteiger partial charge in [-0.3, -0.25) is 4.90 Å². The minimum absolute atomic E-state index is 0.0191. The molecule has 1 aromatic rings. The fourth-order valence-corrected chi connectivity index (χ4v) is 2.83. The molecule has 3 rings (SSSR count). The van der Waals surface area contributed by atoms with E-state index in [0.717, 1.165) is 32.4 Å². The molecule has 0 aromatic carbocycles. The largest absolute Gasteiger partial charge is 0.476 e. The first-order valence-electron chi connectivity index (χ1n) is 6.22. The van der Waals surface area contributed by atoms with Crippen molar-refractivity contribution in [2.24, 2.45) is 0 Å². The average molecular weight is 252 g/mol. The number of carboxylic acid groups (broad SMARTS) is 1. The number of aliphatic hydroxyl groups is 1. The maximum atomic E-state index is 10.7. The van der Waals surface area contributed by atoms with Crippen LogP contribution in [-0.4, -0.2) is 61.3 Å². The highest BCUT2D eigenvalue weighted by Gasteiger charge is 2.39. The molecule has 0 spiro atoms. The van der Waals surface area contributed by atoms with E-state index >= 15 is 0 Å². The predicted octanol–water partition coefficient (Wildman–Crippen LogP) is -0.254. The summed E-state index contributed by atoms with van der Waals surface area (Å²) in [7, 11) is 0. The van der Waals surface area contributed by atoms with Crippen LogP contribution in [0.1, 0.15) is 35.8 Å². The number of carboxylic acids is 1. The molecule has 2 aliphatic rings. The standard InChI is InChI=1S/C11H16N4O3/c16-10-3-1-2-9(10)14-4-7(5-14)15-6-8(11(17)18)12-13-15/h6-7,9-10,16H,1-5H2,(H,17,18). The summed E-state index contributed by atoms with van der Waals surface area (Å²) in [6, 6.07) is 0.446. The van der Waals surface area contributed by atoms with Crippen LogP contribution in [0.25, 0.3) is 0 Å². The number of rotatable bonds is 3. The van der Waals surface area contributed by atoms with Crippen LogP contribution in [0.4, 0.5) is 0 Å². The van der Waals surface area contributed by atoms with Gasteiger partial charge in [-0.2, -0.15) is 0 Å². The molecular weight excluding hydrogens is 236 g/mol. The predicted molar refractivity (Wildman–Crippen MR) is 61.2 cm³/mol. The first-order valence-corrected chi connectivity index (χ1v) is 6.22. The van der Waals surface area contributed by atoms with Crippen molar-refractivity contribution in [1.29, 1.82) is 0 Å². The van der Waals surface area contributed by atoms with Crippen molar-refractivity contribution in [2.75, 3.05) is 13.1 Å². The maximum absolute atomic E-state index is 10.7. The second kappa shape index (κ2) is 4.33. The summed E-state index contributed by atoms with van der Waals surface area (Å²) in [5.74, 6) is -1.05. The van der Waals surface area contributed by atoms with Gasteiger partial charge in [0.25, 0.3) is 0 Å². The third-order valence-corrected chi connectivity index (χ3v) is 3.91. The smallest absolute Gasteiger partial charge is 0.358 e. The van der Waals surface area contributed by atoms with E-state index in [2.05, 4.69) is 15.2 Å². The Hall–Kier alpha value is -1.47. The van der Waals surface area contributed by atoms with Gasteiger partial charge >= 0.3 is 5.97 Å². The van der Waals surface area contributed by atoms with Gasteiger partial charge in [0.2, 0.25) is 0 Å². The maximum Gasteiger partial charge on any atom is 0.358 e. The highest BCUT2D eigenvalue weighted by Crippen LogP contribution is 2.31. The van der Waals surface area contributed by atoms with Gasteiger partial charge < -0.3 is 10.2 Å². The normalized spacial score (nSPS) is 29.4. The van der Waals surface area contributed by atoms with E-state index < -0.39 is 5.97 Å². The van der Waals surface area contributed by atoms with Crippen LogP contribution in [0.5, 0.6) is 0 Å². The zero-order chi connectivity index (χ0) is 12.7. The molecule has 18 heavy (non-hydrogen) atoms. The summed E-state index contributed by atoms with van der Waals surface area (Å²) in [5.41, 5.74) is -0.0191. The van der Waals surface area contributed by atoms with Gasteiger partial charge in [0, 0.05) is 19.1 Å². The lowest BCUT2D eigenvalue weighted by atomic mass is 10.0. The lowest BCUT2D eigenvalue weighted by molar-refractivity contribution is -0.000487. The van der Waals surface area contributed by atoms with Crippen molar-refractivity contribution in [3.05, 3.63) is 11.9 Å². The minimum Gasteiger partial charge on any atom is -0.476 e. The van der Waals surface area contributed by atoms with Crippen molar-refractivity contribution in [3.63, 3.8) is 0 Å². The Balaban J connectivity index is 1.59. The van der Waals surface area contributed by atoms with Crippen LogP contribution in [0, 0.1) is 0 Å². The van der Waals surface area contributed by atoms with E-state index in [9.17, 15) is 9.90 Å². The van der Waals surface area contributed by atoms with Crippen LogP contribution < -0.4 is 0 Å². The van der Waals surface area contributed by atoms with Gasteiger partial charge in [-0.1, -0.05) is 5.21 Å². The molecule has 2 N–H and O–H groups in total. The zero-order valence-electron chi connectivity index (χ0n) is 9.94. The first-order chi connectivity index (χ1) is 8.65. The quantitative estimate of drug-likeness (QED) is 0.770. The molecule has 2 fully saturated rings. The Labute approximate surface area is 104 Å². The third-order valence-electron chi connectivity index (χ3n) is 3.91. The molecule has 2 heterocycles. The summed E-state index contributed by atoms with van der Waals surface area (Å²) in [6.45, 7) is 1.62. The number of aromatic nitrogens is 3. The summed E-state index contributed by atoms with van der Waals surface area (Å²) in [6.07, 6.45) is 4.27. The summed E-state index contributed by atoms with van der Waals surface area (Å²) >= 11 is 0. The minimum atomic E-state index is -1.05. The van der Waals surface area contributed by atoms with E-state index in [1.165, 1.54) is 6.20 Å². The second-order valence-corrected chi connectivity index (χ2v) is 5.06. The van der Waals surface area contributed by atoms with E-state index in [4.69, 9.17) is 5.11 Å². The van der Waals surface area contributed by atoms with Crippen molar-refractivity contribution in [2.45, 2.75) is 37.5 Å². The highest BCUT2D eigenvalue weighted by atomic mass is 16.4. The van der Waals surface area contributed by atoms with E-state index in [1.807, 2.05) is 0 Å². The molecule has 0 bridgehead atoms. The van der Waals surface area contributed by atoms with E-state index in [0.29, 0.717) is 0 Å². The molecule has 98 valence electrons. The SMILES string of the molecule is O=C(O)c1cn(C2CN(C3CCCC3O)C2)nn1. The molecule has 2 unspecified atom stereocenters. The average Bonchev–Trinajstić information content (AvgIpc) is 2.87. The van der Waals surface area contributed by atoms with Crippen LogP contribution >= 0.6 is 0 Å². The number of nitrogens with zero attached hydrogens (tertiary/aromatic N) is 4. The topological polar surface area (TPSA) is 91.5 Å². The number of aliphatic hydroxyl groups excluding tert-OH is 1. The third kappa shape index (κ3) is 1.89. The highest BCUT2D eigenvalue weighted by molar-refractivity contribution is 5.84. The Morgan fingerprint density at radius 2 is 2.17 bits per heavy atom. The van der Waals surface area contributed by atoms with Gasteiger partial charge in [-0.15, -0.1) is 5.10 Å². The number of carbonyl (C=O) groups is 1. The Kier molecular flexibility index (Phi) is 2.79. The lowest BCUT2D eigenvalue weighted by Gasteiger charge is -2.43. The summed E-state index contributed by atoms with van der Waals surface area (Å²) in [4.78, 5) is 12.9. The van der Waals surface area contributed by atoms with Crippen LogP contribution in [0.15, 0.2) is 6.20 Å². The molecule has 1 aromatic heterocycles. The molecule has 1 aliphatic carbocycles. The lowest BCUT2D eigenvalue weighted by Crippen LogP contribution is -2.55. The van der Waals surface area contributed by atoms with E-state index in [1.54, 1.807) is 4.68 Å². The van der Waals surface area contributed by atoms with Crippen molar-refractivity contribution >= 4 is 5.97 Å². The Morgan fingerprint density at radius 3 is 2.72 bits per heavy atom. The van der Waals surface area contributed by atoms with Crippen molar-refractivity contribution in [3.8, 4) is 0 Å².